The Morgan fingerprint density at radius 1 is 0.683 bits per heavy atom. The predicted molar refractivity (Wildman–Crippen MR) is 172 cm³/mol. The highest BCUT2D eigenvalue weighted by molar-refractivity contribution is 7.26. The fourth-order valence-electron chi connectivity index (χ4n) is 6.73. The molecule has 3 unspecified atom stereocenters. The number of nitrogens with one attached hydrogen (secondary N) is 1. The number of hydrogen-bond donors (Lipinski definition) is 1. The highest BCUT2D eigenvalue weighted by atomic mass is 32.1. The maximum absolute atomic E-state index is 6.39. The van der Waals surface area contributed by atoms with Crippen molar-refractivity contribution < 1.29 is 4.74 Å². The van der Waals surface area contributed by atoms with Gasteiger partial charge in [-0.1, -0.05) is 97.1 Å². The van der Waals surface area contributed by atoms with Crippen LogP contribution in [0.25, 0.3) is 31.3 Å². The fraction of sp³-hybridized carbons (Fsp3) is 0.0811. The third kappa shape index (κ3) is 3.51. The molecular weight excluding hydrogens is 520 g/mol. The van der Waals surface area contributed by atoms with Crippen LogP contribution >= 0.6 is 11.3 Å². The number of benzene rings is 5. The van der Waals surface area contributed by atoms with Crippen molar-refractivity contribution >= 4 is 48.6 Å². The Bertz CT molecular complexity index is 2020. The molecule has 1 aromatic heterocycles. The van der Waals surface area contributed by atoms with E-state index in [2.05, 4.69) is 144 Å². The van der Waals surface area contributed by atoms with Crippen LogP contribution in [0.4, 0.5) is 17.1 Å². The first-order valence-corrected chi connectivity index (χ1v) is 14.9. The lowest BCUT2D eigenvalue weighted by Crippen LogP contribution is -2.28. The normalized spacial score (nSPS) is 20.1. The molecule has 1 N–H and O–H groups in total. The minimum atomic E-state index is -0.202. The van der Waals surface area contributed by atoms with Crippen molar-refractivity contribution in [2.75, 3.05) is 10.2 Å². The van der Waals surface area contributed by atoms with E-state index in [-0.39, 0.29) is 6.23 Å². The molecule has 3 nitrogen and oxygen atoms in total. The molecule has 3 atom stereocenters. The zero-order valence-electron chi connectivity index (χ0n) is 22.2. The summed E-state index contributed by atoms with van der Waals surface area (Å²) in [5.41, 5.74) is 8.54. The minimum Gasteiger partial charge on any atom is -0.464 e. The van der Waals surface area contributed by atoms with Crippen LogP contribution < -0.4 is 15.0 Å². The van der Waals surface area contributed by atoms with Gasteiger partial charge in [0.2, 0.25) is 0 Å². The molecule has 6 aromatic rings. The molecule has 1 aliphatic carbocycles. The van der Waals surface area contributed by atoms with Gasteiger partial charge in [-0.05, 0) is 53.1 Å². The van der Waals surface area contributed by atoms with E-state index in [9.17, 15) is 0 Å². The summed E-state index contributed by atoms with van der Waals surface area (Å²) in [5.74, 6) is 1.32. The molecule has 9 rings (SSSR count). The molecule has 0 radical (unpaired) electrons. The zero-order chi connectivity index (χ0) is 26.9. The van der Waals surface area contributed by atoms with Crippen LogP contribution in [0.1, 0.15) is 23.3 Å². The second-order valence-corrected chi connectivity index (χ2v) is 12.0. The second kappa shape index (κ2) is 8.85. The Kier molecular flexibility index (Phi) is 4.96. The Labute approximate surface area is 242 Å². The number of ether oxygens (including phenoxy) is 1. The molecule has 3 aliphatic rings. The first-order valence-electron chi connectivity index (χ1n) is 14.1. The summed E-state index contributed by atoms with van der Waals surface area (Å²) in [6.45, 7) is 0. The Morgan fingerprint density at radius 2 is 1.44 bits per heavy atom. The van der Waals surface area contributed by atoms with Gasteiger partial charge < -0.3 is 15.0 Å². The average molecular weight is 547 g/mol. The Morgan fingerprint density at radius 3 is 2.32 bits per heavy atom. The van der Waals surface area contributed by atoms with E-state index < -0.39 is 0 Å². The molecule has 3 heterocycles. The summed E-state index contributed by atoms with van der Waals surface area (Å²) in [6.07, 6.45) is 8.78. The van der Waals surface area contributed by atoms with Crippen LogP contribution in [0.5, 0.6) is 5.75 Å². The summed E-state index contributed by atoms with van der Waals surface area (Å²) in [6, 6.07) is 39.7. The van der Waals surface area contributed by atoms with Crippen molar-refractivity contribution in [3.05, 3.63) is 145 Å². The number of thiophene rings is 1. The number of para-hydroxylation sites is 1. The van der Waals surface area contributed by atoms with Gasteiger partial charge in [-0.15, -0.1) is 11.3 Å². The van der Waals surface area contributed by atoms with Crippen molar-refractivity contribution in [2.45, 2.75) is 18.2 Å². The molecule has 0 bridgehead atoms. The molecule has 41 heavy (non-hydrogen) atoms. The number of allylic oxidation sites excluding steroid dienone is 2. The van der Waals surface area contributed by atoms with Gasteiger partial charge >= 0.3 is 0 Å². The van der Waals surface area contributed by atoms with Crippen LogP contribution in [0, 0.1) is 0 Å². The molecule has 0 spiro atoms. The van der Waals surface area contributed by atoms with E-state index in [0.29, 0.717) is 12.0 Å². The van der Waals surface area contributed by atoms with Crippen molar-refractivity contribution in [2.24, 2.45) is 0 Å². The van der Waals surface area contributed by atoms with Gasteiger partial charge in [-0.25, -0.2) is 0 Å². The smallest absolute Gasteiger partial charge is 0.196 e. The predicted octanol–water partition coefficient (Wildman–Crippen LogP) is 9.95. The second-order valence-electron chi connectivity index (χ2n) is 10.9. The largest absolute Gasteiger partial charge is 0.464 e. The van der Waals surface area contributed by atoms with E-state index in [1.54, 1.807) is 0 Å². The standard InChI is InChI=1S/C37H26N2OS/c1-4-10-30-27(7-1)28-8-2-5-11-31(28)39(30)26-19-17-24(18-20-26)23-13-15-25(16-14-23)37-38-36-32(40-37)21-22-34-35(36)29-9-3-6-12-33(29)41-34/h1-22,27,30,37-38H. The van der Waals surface area contributed by atoms with E-state index in [0.717, 1.165) is 17.0 Å². The monoisotopic (exact) mass is 546 g/mol. The summed E-state index contributed by atoms with van der Waals surface area (Å²) >= 11 is 1.83. The molecule has 5 aromatic carbocycles. The van der Waals surface area contributed by atoms with Gasteiger partial charge in [0.25, 0.3) is 0 Å². The highest BCUT2D eigenvalue weighted by Gasteiger charge is 2.37. The van der Waals surface area contributed by atoms with Crippen LogP contribution in [-0.4, -0.2) is 6.04 Å². The topological polar surface area (TPSA) is 24.5 Å². The molecule has 2 aliphatic heterocycles. The van der Waals surface area contributed by atoms with E-state index >= 15 is 0 Å². The van der Waals surface area contributed by atoms with Crippen molar-refractivity contribution in [1.29, 1.82) is 0 Å². The lowest BCUT2D eigenvalue weighted by molar-refractivity contribution is 0.260. The van der Waals surface area contributed by atoms with Gasteiger partial charge in [0.15, 0.2) is 6.23 Å². The molecule has 0 saturated heterocycles. The van der Waals surface area contributed by atoms with Crippen molar-refractivity contribution in [3.8, 4) is 16.9 Å². The summed E-state index contributed by atoms with van der Waals surface area (Å²) < 4.78 is 8.97. The van der Waals surface area contributed by atoms with Crippen LogP contribution in [-0.2, 0) is 0 Å². The Hall–Kier alpha value is -4.80. The van der Waals surface area contributed by atoms with Gasteiger partial charge in [0, 0.05) is 43.0 Å². The Balaban J connectivity index is 0.984. The zero-order valence-corrected chi connectivity index (χ0v) is 23.0. The van der Waals surface area contributed by atoms with E-state index in [4.69, 9.17) is 4.74 Å². The number of rotatable bonds is 3. The van der Waals surface area contributed by atoms with Gasteiger partial charge in [0.05, 0.1) is 11.7 Å². The number of anilines is 3. The molecule has 0 amide bonds. The van der Waals surface area contributed by atoms with E-state index in [1.807, 2.05) is 11.3 Å². The van der Waals surface area contributed by atoms with Crippen LogP contribution in [0.15, 0.2) is 133 Å². The highest BCUT2D eigenvalue weighted by Crippen LogP contribution is 2.49. The molecule has 196 valence electrons. The summed E-state index contributed by atoms with van der Waals surface area (Å²) in [4.78, 5) is 2.47. The maximum Gasteiger partial charge on any atom is 0.196 e. The number of hydrogen-bond acceptors (Lipinski definition) is 4. The first-order chi connectivity index (χ1) is 20.3. The van der Waals surface area contributed by atoms with Crippen LogP contribution in [0.3, 0.4) is 0 Å². The quantitative estimate of drug-likeness (QED) is 0.239. The molecule has 0 fully saturated rings. The maximum atomic E-state index is 6.39. The fourth-order valence-corrected chi connectivity index (χ4v) is 7.85. The third-order valence-electron chi connectivity index (χ3n) is 8.68. The molecular formula is C37H26N2OS. The van der Waals surface area contributed by atoms with Gasteiger partial charge in [0.1, 0.15) is 5.75 Å². The van der Waals surface area contributed by atoms with Crippen molar-refractivity contribution in [3.63, 3.8) is 0 Å². The van der Waals surface area contributed by atoms with Crippen molar-refractivity contribution in [1.82, 2.24) is 0 Å². The minimum absolute atomic E-state index is 0.202. The molecule has 4 heteroatoms. The lowest BCUT2D eigenvalue weighted by Gasteiger charge is -2.28. The third-order valence-corrected chi connectivity index (χ3v) is 9.81. The van der Waals surface area contributed by atoms with Crippen LogP contribution in [0.2, 0.25) is 0 Å². The number of fused-ring (bicyclic) bond motifs is 8. The SMILES string of the molecule is C1=CC2c3ccccc3N(c3ccc(-c4ccc(C5Nc6c(ccc7sc8ccccc8c67)O5)cc4)cc3)C2C=C1. The summed E-state index contributed by atoms with van der Waals surface area (Å²) in [5, 5.41) is 6.21. The first kappa shape index (κ1) is 23.0. The summed E-state index contributed by atoms with van der Waals surface area (Å²) in [7, 11) is 0. The molecule has 0 saturated carbocycles. The average Bonchev–Trinajstić information content (AvgIpc) is 3.73. The van der Waals surface area contributed by atoms with E-state index in [1.165, 1.54) is 48.2 Å². The lowest BCUT2D eigenvalue weighted by atomic mass is 9.91. The number of nitrogens with zero attached hydrogens (tertiary/aromatic N) is 1. The van der Waals surface area contributed by atoms with Gasteiger partial charge in [-0.3, -0.25) is 0 Å². The van der Waals surface area contributed by atoms with Gasteiger partial charge in [-0.2, -0.15) is 0 Å².